The van der Waals surface area contributed by atoms with Gasteiger partial charge in [-0.2, -0.15) is 0 Å². The molecule has 1 N–H and O–H groups in total. The van der Waals surface area contributed by atoms with E-state index in [1.807, 2.05) is 16.0 Å². The maximum absolute atomic E-state index is 13.5. The molecule has 162 valence electrons. The number of fused-ring (bicyclic) bond motifs is 4. The van der Waals surface area contributed by atoms with E-state index in [4.69, 9.17) is 4.98 Å². The molecule has 4 aromatic heterocycles. The topological polar surface area (TPSA) is 80.6 Å². The minimum absolute atomic E-state index is 0.0722. The summed E-state index contributed by atoms with van der Waals surface area (Å²) in [4.78, 5) is 40.4. The SMILES string of the molecule is CC(C)Cn1c(SCc2nc3ccsc3c(=O)[nH]2)nc2sc3c(c2c1=O)CCC(C)C3. The number of thioether (sulfide) groups is 1. The molecule has 1 unspecified atom stereocenters. The van der Waals surface area contributed by atoms with Crippen LogP contribution in [0.15, 0.2) is 26.2 Å². The summed E-state index contributed by atoms with van der Waals surface area (Å²) in [5.74, 6) is 2.04. The van der Waals surface area contributed by atoms with Crippen molar-refractivity contribution in [2.75, 3.05) is 0 Å². The standard InChI is InChI=1S/C22H24N4O2S3/c1-11(2)9-26-21(28)17-13-5-4-12(3)8-15(13)31-20(17)25-22(26)30-10-16-23-14-6-7-29-18(14)19(27)24-16/h6-7,11-12H,4-5,8-10H2,1-3H3,(H,23,24,27). The van der Waals surface area contributed by atoms with Crippen molar-refractivity contribution in [3.8, 4) is 0 Å². The first-order chi connectivity index (χ1) is 14.9. The summed E-state index contributed by atoms with van der Waals surface area (Å²) in [7, 11) is 0. The highest BCUT2D eigenvalue weighted by atomic mass is 32.2. The van der Waals surface area contributed by atoms with Crippen LogP contribution in [-0.2, 0) is 25.1 Å². The Kier molecular flexibility index (Phi) is 5.52. The van der Waals surface area contributed by atoms with Crippen molar-refractivity contribution in [3.63, 3.8) is 0 Å². The van der Waals surface area contributed by atoms with Crippen LogP contribution in [0.25, 0.3) is 20.4 Å². The summed E-state index contributed by atoms with van der Waals surface area (Å²) >= 11 is 4.54. The predicted octanol–water partition coefficient (Wildman–Crippen LogP) is 4.83. The van der Waals surface area contributed by atoms with Crippen molar-refractivity contribution in [2.45, 2.75) is 57.5 Å². The number of nitrogens with zero attached hydrogens (tertiary/aromatic N) is 3. The number of thiophene rings is 2. The molecule has 0 saturated heterocycles. The number of H-pyrrole nitrogens is 1. The molecule has 0 saturated carbocycles. The van der Waals surface area contributed by atoms with Gasteiger partial charge < -0.3 is 4.98 Å². The Hall–Kier alpha value is -1.97. The summed E-state index contributed by atoms with van der Waals surface area (Å²) in [5.41, 5.74) is 1.90. The summed E-state index contributed by atoms with van der Waals surface area (Å²) in [6.45, 7) is 7.12. The lowest BCUT2D eigenvalue weighted by Gasteiger charge is -2.18. The third kappa shape index (κ3) is 3.87. The first-order valence-corrected chi connectivity index (χ1v) is 13.2. The van der Waals surface area contributed by atoms with Crippen molar-refractivity contribution in [1.29, 1.82) is 0 Å². The van der Waals surface area contributed by atoms with Crippen LogP contribution in [0.1, 0.15) is 43.5 Å². The molecule has 5 rings (SSSR count). The van der Waals surface area contributed by atoms with E-state index in [2.05, 4.69) is 30.7 Å². The molecule has 1 aliphatic carbocycles. The minimum Gasteiger partial charge on any atom is -0.309 e. The van der Waals surface area contributed by atoms with Crippen molar-refractivity contribution < 1.29 is 0 Å². The lowest BCUT2D eigenvalue weighted by Crippen LogP contribution is -2.26. The van der Waals surface area contributed by atoms with Gasteiger partial charge in [0.2, 0.25) is 0 Å². The summed E-state index contributed by atoms with van der Waals surface area (Å²) in [5, 5.41) is 3.40. The van der Waals surface area contributed by atoms with E-state index < -0.39 is 0 Å². The Bertz CT molecular complexity index is 1400. The molecule has 31 heavy (non-hydrogen) atoms. The summed E-state index contributed by atoms with van der Waals surface area (Å²) in [6, 6.07) is 1.86. The van der Waals surface area contributed by atoms with Gasteiger partial charge in [-0.05, 0) is 48.1 Å². The van der Waals surface area contributed by atoms with Gasteiger partial charge in [-0.1, -0.05) is 32.5 Å². The molecule has 0 aliphatic heterocycles. The molecule has 1 aliphatic rings. The van der Waals surface area contributed by atoms with Gasteiger partial charge in [-0.15, -0.1) is 22.7 Å². The zero-order valence-corrected chi connectivity index (χ0v) is 20.2. The van der Waals surface area contributed by atoms with Crippen molar-refractivity contribution >= 4 is 54.9 Å². The zero-order valence-electron chi connectivity index (χ0n) is 17.7. The van der Waals surface area contributed by atoms with Crippen molar-refractivity contribution in [1.82, 2.24) is 19.5 Å². The number of aromatic nitrogens is 4. The quantitative estimate of drug-likeness (QED) is 0.332. The lowest BCUT2D eigenvalue weighted by molar-refractivity contribution is 0.474. The average molecular weight is 473 g/mol. The molecule has 6 nitrogen and oxygen atoms in total. The summed E-state index contributed by atoms with van der Waals surface area (Å²) < 4.78 is 2.47. The molecule has 9 heteroatoms. The Morgan fingerprint density at radius 1 is 1.32 bits per heavy atom. The molecular formula is C22H24N4O2S3. The van der Waals surface area contributed by atoms with Gasteiger partial charge in [0.25, 0.3) is 11.1 Å². The van der Waals surface area contributed by atoms with E-state index in [1.165, 1.54) is 33.5 Å². The normalized spacial score (nSPS) is 16.5. The molecule has 1 atom stereocenters. The largest absolute Gasteiger partial charge is 0.309 e. The molecule has 0 fully saturated rings. The maximum Gasteiger partial charge on any atom is 0.268 e. The second-order valence-electron chi connectivity index (χ2n) is 8.67. The van der Waals surface area contributed by atoms with Gasteiger partial charge in [0.05, 0.1) is 16.7 Å². The van der Waals surface area contributed by atoms with Gasteiger partial charge in [-0.3, -0.25) is 14.2 Å². The van der Waals surface area contributed by atoms with Gasteiger partial charge >= 0.3 is 0 Å². The van der Waals surface area contributed by atoms with Crippen LogP contribution >= 0.6 is 34.4 Å². The number of aromatic amines is 1. The zero-order chi connectivity index (χ0) is 21.7. The van der Waals surface area contributed by atoms with E-state index >= 15 is 0 Å². The van der Waals surface area contributed by atoms with E-state index in [9.17, 15) is 9.59 Å². The summed E-state index contributed by atoms with van der Waals surface area (Å²) in [6.07, 6.45) is 3.13. The smallest absolute Gasteiger partial charge is 0.268 e. The van der Waals surface area contributed by atoms with Crippen LogP contribution < -0.4 is 11.1 Å². The minimum atomic E-state index is -0.112. The molecule has 0 aromatic carbocycles. The van der Waals surface area contributed by atoms with Crippen LogP contribution in [0.5, 0.6) is 0 Å². The Balaban J connectivity index is 1.56. The molecular weight excluding hydrogens is 448 g/mol. The third-order valence-corrected chi connectivity index (χ3v) is 8.67. The lowest BCUT2D eigenvalue weighted by atomic mass is 9.89. The monoisotopic (exact) mass is 472 g/mol. The fourth-order valence-electron chi connectivity index (χ4n) is 4.16. The number of hydrogen-bond acceptors (Lipinski definition) is 7. The highest BCUT2D eigenvalue weighted by molar-refractivity contribution is 7.98. The Morgan fingerprint density at radius 2 is 2.16 bits per heavy atom. The molecule has 0 amide bonds. The fraction of sp³-hybridized carbons (Fsp3) is 0.455. The molecule has 4 aromatic rings. The van der Waals surface area contributed by atoms with Crippen LogP contribution in [0.3, 0.4) is 0 Å². The predicted molar refractivity (Wildman–Crippen MR) is 130 cm³/mol. The van der Waals surface area contributed by atoms with E-state index in [-0.39, 0.29) is 11.1 Å². The Labute approximate surface area is 191 Å². The van der Waals surface area contributed by atoms with Gasteiger partial charge in [0.15, 0.2) is 5.16 Å². The van der Waals surface area contributed by atoms with Gasteiger partial charge in [0, 0.05) is 11.4 Å². The number of aryl methyl sites for hydroxylation is 1. The average Bonchev–Trinajstić information content (AvgIpc) is 3.32. The van der Waals surface area contributed by atoms with Crippen LogP contribution in [-0.4, -0.2) is 19.5 Å². The van der Waals surface area contributed by atoms with Crippen LogP contribution in [0.2, 0.25) is 0 Å². The molecule has 0 radical (unpaired) electrons. The van der Waals surface area contributed by atoms with E-state index in [0.29, 0.717) is 45.3 Å². The van der Waals surface area contributed by atoms with Crippen LogP contribution in [0, 0.1) is 11.8 Å². The highest BCUT2D eigenvalue weighted by Crippen LogP contribution is 2.36. The van der Waals surface area contributed by atoms with Crippen LogP contribution in [0.4, 0.5) is 0 Å². The first-order valence-electron chi connectivity index (χ1n) is 10.5. The first kappa shape index (κ1) is 20.9. The number of nitrogens with one attached hydrogen (secondary N) is 1. The Morgan fingerprint density at radius 3 is 2.97 bits per heavy atom. The number of rotatable bonds is 5. The fourth-order valence-corrected chi connectivity index (χ4v) is 7.19. The maximum atomic E-state index is 13.5. The van der Waals surface area contributed by atoms with Crippen molar-refractivity contribution in [2.24, 2.45) is 11.8 Å². The second kappa shape index (κ2) is 8.18. The van der Waals surface area contributed by atoms with Gasteiger partial charge in [0.1, 0.15) is 15.4 Å². The molecule has 0 spiro atoms. The third-order valence-electron chi connectivity index (χ3n) is 5.63. The van der Waals surface area contributed by atoms with Crippen molar-refractivity contribution in [3.05, 3.63) is 48.4 Å². The highest BCUT2D eigenvalue weighted by Gasteiger charge is 2.25. The van der Waals surface area contributed by atoms with E-state index in [1.54, 1.807) is 11.3 Å². The number of hydrogen-bond donors (Lipinski definition) is 1. The van der Waals surface area contributed by atoms with E-state index in [0.717, 1.165) is 29.5 Å². The molecule has 0 bridgehead atoms. The van der Waals surface area contributed by atoms with Gasteiger partial charge in [-0.25, -0.2) is 9.97 Å². The molecule has 4 heterocycles. The second-order valence-corrected chi connectivity index (χ2v) is 11.6.